The number of carbonyl (C=O) groups excluding carboxylic acids is 2. The van der Waals surface area contributed by atoms with Gasteiger partial charge < -0.3 is 15.8 Å². The Balaban J connectivity index is 2.14. The van der Waals surface area contributed by atoms with Crippen molar-refractivity contribution in [1.29, 1.82) is 0 Å². The summed E-state index contributed by atoms with van der Waals surface area (Å²) < 4.78 is 17.2. The molecule has 1 aromatic rings. The van der Waals surface area contributed by atoms with E-state index < -0.39 is 12.0 Å². The summed E-state index contributed by atoms with van der Waals surface area (Å²) in [4.78, 5) is 22.6. The minimum absolute atomic E-state index is 0.115. The molecule has 1 aromatic carbocycles. The first kappa shape index (κ1) is 17.5. The lowest BCUT2D eigenvalue weighted by molar-refractivity contribution is -0.142. The number of ether oxygens (including phenoxy) is 1. The normalized spacial score (nSPS) is 11.8. The van der Waals surface area contributed by atoms with Gasteiger partial charge in [0, 0.05) is 6.54 Å². The van der Waals surface area contributed by atoms with Gasteiger partial charge in [-0.05, 0) is 29.9 Å². The van der Waals surface area contributed by atoms with Crippen molar-refractivity contribution in [1.82, 2.24) is 5.32 Å². The molecule has 0 heterocycles. The van der Waals surface area contributed by atoms with Gasteiger partial charge in [0.25, 0.3) is 0 Å². The van der Waals surface area contributed by atoms with Crippen molar-refractivity contribution in [2.75, 3.05) is 18.6 Å². The Labute approximate surface area is 127 Å². The Bertz CT molecular complexity index is 468. The van der Waals surface area contributed by atoms with E-state index in [-0.39, 0.29) is 17.5 Å². The van der Waals surface area contributed by atoms with E-state index in [0.29, 0.717) is 18.7 Å². The van der Waals surface area contributed by atoms with E-state index in [9.17, 15) is 14.0 Å². The number of nitrogens with two attached hydrogens (primary N) is 1. The first-order valence-corrected chi connectivity index (χ1v) is 7.60. The quantitative estimate of drug-likeness (QED) is 0.554. The lowest BCUT2D eigenvalue weighted by Crippen LogP contribution is -2.32. The highest BCUT2D eigenvalue weighted by Crippen LogP contribution is 2.06. The number of hydrogen-bond acceptors (Lipinski definition) is 5. The predicted molar refractivity (Wildman–Crippen MR) is 80.2 cm³/mol. The third-order valence-electron chi connectivity index (χ3n) is 2.71. The van der Waals surface area contributed by atoms with Gasteiger partial charge in [0.05, 0.1) is 12.9 Å². The van der Waals surface area contributed by atoms with Crippen molar-refractivity contribution in [3.8, 4) is 0 Å². The molecule has 0 saturated carbocycles. The summed E-state index contributed by atoms with van der Waals surface area (Å²) in [5.74, 6) is 0.0184. The molecule has 1 unspecified atom stereocenters. The molecular formula is C14H19FN2O3S. The van der Waals surface area contributed by atoms with Crippen molar-refractivity contribution in [2.45, 2.75) is 19.0 Å². The molecule has 0 aromatic heterocycles. The van der Waals surface area contributed by atoms with Crippen LogP contribution in [0.15, 0.2) is 24.3 Å². The zero-order chi connectivity index (χ0) is 15.7. The van der Waals surface area contributed by atoms with E-state index in [1.807, 2.05) is 0 Å². The predicted octanol–water partition coefficient (Wildman–Crippen LogP) is 1.07. The maximum Gasteiger partial charge on any atom is 0.322 e. The number of benzene rings is 1. The largest absolute Gasteiger partial charge is 0.468 e. The lowest BCUT2D eigenvalue weighted by Gasteiger charge is -2.09. The number of esters is 1. The molecule has 0 aliphatic heterocycles. The Morgan fingerprint density at radius 1 is 1.38 bits per heavy atom. The van der Waals surface area contributed by atoms with Gasteiger partial charge in [-0.25, -0.2) is 4.39 Å². The molecular weight excluding hydrogens is 295 g/mol. The second kappa shape index (κ2) is 9.36. The molecule has 5 nitrogen and oxygen atoms in total. The van der Waals surface area contributed by atoms with Crippen molar-refractivity contribution in [2.24, 2.45) is 5.73 Å². The SMILES string of the molecule is COC(=O)C(N)CCSCC(=O)NCc1ccc(F)cc1. The third-order valence-corrected chi connectivity index (χ3v) is 3.70. The maximum absolute atomic E-state index is 12.7. The fourth-order valence-corrected chi connectivity index (χ4v) is 2.35. The first-order valence-electron chi connectivity index (χ1n) is 6.45. The highest BCUT2D eigenvalue weighted by Gasteiger charge is 2.13. The topological polar surface area (TPSA) is 81.4 Å². The van der Waals surface area contributed by atoms with Crippen LogP contribution in [0, 0.1) is 5.82 Å². The first-order chi connectivity index (χ1) is 10.0. The molecule has 0 aliphatic carbocycles. The van der Waals surface area contributed by atoms with Crippen molar-refractivity contribution < 1.29 is 18.7 Å². The standard InChI is InChI=1S/C14H19FN2O3S/c1-20-14(19)12(16)6-7-21-9-13(18)17-8-10-2-4-11(15)5-3-10/h2-5,12H,6-9,16H2,1H3,(H,17,18). The van der Waals surface area contributed by atoms with Gasteiger partial charge in [-0.3, -0.25) is 9.59 Å². The van der Waals surface area contributed by atoms with E-state index in [2.05, 4.69) is 10.1 Å². The molecule has 0 bridgehead atoms. The summed E-state index contributed by atoms with van der Waals surface area (Å²) in [6, 6.07) is 5.30. The molecule has 116 valence electrons. The van der Waals surface area contributed by atoms with Crippen LogP contribution in [-0.2, 0) is 20.9 Å². The average molecular weight is 314 g/mol. The number of hydrogen-bond donors (Lipinski definition) is 2. The fourth-order valence-electron chi connectivity index (χ4n) is 1.50. The fraction of sp³-hybridized carbons (Fsp3) is 0.429. The van der Waals surface area contributed by atoms with Gasteiger partial charge in [0.15, 0.2) is 0 Å². The third kappa shape index (κ3) is 7.10. The van der Waals surface area contributed by atoms with Crippen LogP contribution in [0.1, 0.15) is 12.0 Å². The number of thioether (sulfide) groups is 1. The molecule has 0 radical (unpaired) electrons. The summed E-state index contributed by atoms with van der Waals surface area (Å²) >= 11 is 1.40. The van der Waals surface area contributed by atoms with Gasteiger partial charge in [-0.1, -0.05) is 12.1 Å². The van der Waals surface area contributed by atoms with Crippen LogP contribution >= 0.6 is 11.8 Å². The Kier molecular flexibility index (Phi) is 7.78. The number of carbonyl (C=O) groups is 2. The van der Waals surface area contributed by atoms with Gasteiger partial charge in [0.1, 0.15) is 11.9 Å². The summed E-state index contributed by atoms with van der Waals surface area (Å²) in [5.41, 5.74) is 6.41. The zero-order valence-corrected chi connectivity index (χ0v) is 12.6. The summed E-state index contributed by atoms with van der Waals surface area (Å²) in [5, 5.41) is 2.74. The van der Waals surface area contributed by atoms with Crippen LogP contribution in [0.25, 0.3) is 0 Å². The molecule has 1 amide bonds. The van der Waals surface area contributed by atoms with Gasteiger partial charge in [-0.2, -0.15) is 11.8 Å². The molecule has 0 fully saturated rings. The number of rotatable bonds is 8. The molecule has 0 saturated heterocycles. The molecule has 0 aliphatic rings. The second-order valence-electron chi connectivity index (χ2n) is 4.37. The Hall–Kier alpha value is -1.60. The van der Waals surface area contributed by atoms with Gasteiger partial charge >= 0.3 is 5.97 Å². The van der Waals surface area contributed by atoms with Crippen LogP contribution < -0.4 is 11.1 Å². The molecule has 1 atom stereocenters. The van der Waals surface area contributed by atoms with Crippen LogP contribution in [0.4, 0.5) is 4.39 Å². The van der Waals surface area contributed by atoms with E-state index in [1.54, 1.807) is 12.1 Å². The van der Waals surface area contributed by atoms with E-state index in [4.69, 9.17) is 5.73 Å². The van der Waals surface area contributed by atoms with Gasteiger partial charge in [-0.15, -0.1) is 0 Å². The minimum Gasteiger partial charge on any atom is -0.468 e. The number of amides is 1. The van der Waals surface area contributed by atoms with Crippen molar-refractivity contribution in [3.05, 3.63) is 35.6 Å². The van der Waals surface area contributed by atoms with Crippen molar-refractivity contribution in [3.63, 3.8) is 0 Å². The summed E-state index contributed by atoms with van der Waals surface area (Å²) in [6.07, 6.45) is 0.461. The number of halogens is 1. The smallest absolute Gasteiger partial charge is 0.322 e. The zero-order valence-electron chi connectivity index (χ0n) is 11.8. The molecule has 3 N–H and O–H groups in total. The monoisotopic (exact) mass is 314 g/mol. The van der Waals surface area contributed by atoms with Crippen molar-refractivity contribution >= 4 is 23.6 Å². The van der Waals surface area contributed by atoms with E-state index in [0.717, 1.165) is 5.56 Å². The van der Waals surface area contributed by atoms with Gasteiger partial charge in [0.2, 0.25) is 5.91 Å². The lowest BCUT2D eigenvalue weighted by atomic mass is 10.2. The van der Waals surface area contributed by atoms with Crippen LogP contribution in [0.5, 0.6) is 0 Å². The highest BCUT2D eigenvalue weighted by molar-refractivity contribution is 7.99. The van der Waals surface area contributed by atoms with Crippen LogP contribution in [0.3, 0.4) is 0 Å². The molecule has 0 spiro atoms. The Morgan fingerprint density at radius 3 is 2.67 bits per heavy atom. The summed E-state index contributed by atoms with van der Waals surface area (Å²) in [6.45, 7) is 0.362. The molecule has 21 heavy (non-hydrogen) atoms. The highest BCUT2D eigenvalue weighted by atomic mass is 32.2. The number of methoxy groups -OCH3 is 1. The molecule has 1 rings (SSSR count). The van der Waals surface area contributed by atoms with E-state index >= 15 is 0 Å². The number of nitrogens with one attached hydrogen (secondary N) is 1. The van der Waals surface area contributed by atoms with E-state index in [1.165, 1.54) is 31.0 Å². The minimum atomic E-state index is -0.648. The maximum atomic E-state index is 12.7. The molecule has 7 heteroatoms. The average Bonchev–Trinajstić information content (AvgIpc) is 2.49. The summed E-state index contributed by atoms with van der Waals surface area (Å²) in [7, 11) is 1.29. The van der Waals surface area contributed by atoms with Crippen LogP contribution in [-0.4, -0.2) is 36.5 Å². The van der Waals surface area contributed by atoms with Crippen LogP contribution in [0.2, 0.25) is 0 Å². The second-order valence-corrected chi connectivity index (χ2v) is 5.48. The Morgan fingerprint density at radius 2 is 2.05 bits per heavy atom.